The molecule has 3 nitrogen and oxygen atoms in total. The van der Waals surface area contributed by atoms with Crippen molar-refractivity contribution in [1.82, 2.24) is 9.80 Å². The number of rotatable bonds is 3. The van der Waals surface area contributed by atoms with Crippen LogP contribution in [-0.4, -0.2) is 41.5 Å². The fourth-order valence-corrected chi connectivity index (χ4v) is 4.33. The lowest BCUT2D eigenvalue weighted by Crippen LogP contribution is -2.52. The zero-order valence-electron chi connectivity index (χ0n) is 13.6. The molecule has 2 heterocycles. The lowest BCUT2D eigenvalue weighted by atomic mass is 10.0. The molecule has 0 aliphatic carbocycles. The van der Waals surface area contributed by atoms with Crippen molar-refractivity contribution in [3.63, 3.8) is 0 Å². The van der Waals surface area contributed by atoms with Gasteiger partial charge >= 0.3 is 0 Å². The first-order chi connectivity index (χ1) is 11.5. The normalized spacial score (nSPS) is 22.0. The highest BCUT2D eigenvalue weighted by molar-refractivity contribution is 7.80. The zero-order chi connectivity index (χ0) is 17.3. The Hall–Kier alpha value is -0.680. The van der Waals surface area contributed by atoms with Gasteiger partial charge in [0.2, 0.25) is 0 Å². The van der Waals surface area contributed by atoms with Gasteiger partial charge in [0.15, 0.2) is 0 Å². The first-order valence-corrected chi connectivity index (χ1v) is 9.62. The van der Waals surface area contributed by atoms with Crippen LogP contribution in [0, 0.1) is 0 Å². The summed E-state index contributed by atoms with van der Waals surface area (Å²) in [6.45, 7) is 6.93. The highest BCUT2D eigenvalue weighted by atomic mass is 35.5. The van der Waals surface area contributed by atoms with E-state index < -0.39 is 0 Å². The summed E-state index contributed by atoms with van der Waals surface area (Å²) in [5.74, 6) is -0.0449. The lowest BCUT2D eigenvalue weighted by molar-refractivity contribution is -0.133. The van der Waals surface area contributed by atoms with Gasteiger partial charge in [-0.25, -0.2) is 0 Å². The van der Waals surface area contributed by atoms with Crippen molar-refractivity contribution in [2.45, 2.75) is 43.2 Å². The molecule has 0 saturated carbocycles. The van der Waals surface area contributed by atoms with Crippen molar-refractivity contribution in [3.05, 3.63) is 34.3 Å². The van der Waals surface area contributed by atoms with Crippen LogP contribution in [-0.2, 0) is 4.79 Å². The number of amides is 1. The first-order valence-electron chi connectivity index (χ1n) is 8.42. The maximum absolute atomic E-state index is 13.1. The van der Waals surface area contributed by atoms with Gasteiger partial charge < -0.3 is 4.90 Å². The minimum absolute atomic E-state index is 0.0449. The summed E-state index contributed by atoms with van der Waals surface area (Å²) in [4.78, 5) is 18.1. The fourth-order valence-electron chi connectivity index (χ4n) is 3.63. The molecular weight excluding hydrogens is 363 g/mol. The number of carbonyl (C=O) groups is 1. The number of likely N-dealkylation sites (tertiary alicyclic amines) is 2. The molecule has 1 aromatic rings. The van der Waals surface area contributed by atoms with Gasteiger partial charge in [0.05, 0.1) is 16.2 Å². The molecule has 1 atom stereocenters. The van der Waals surface area contributed by atoms with E-state index in [1.54, 1.807) is 12.1 Å². The molecule has 0 spiro atoms. The maximum Gasteiger partial charge on any atom is 0.255 e. The number of carbonyl (C=O) groups excluding carboxylic acids is 1. The van der Waals surface area contributed by atoms with E-state index in [1.165, 1.54) is 19.3 Å². The molecule has 1 unspecified atom stereocenters. The predicted molar refractivity (Wildman–Crippen MR) is 103 cm³/mol. The molecular formula is C18H22Cl2N2OS. The van der Waals surface area contributed by atoms with E-state index in [1.807, 2.05) is 4.90 Å². The Morgan fingerprint density at radius 2 is 1.75 bits per heavy atom. The van der Waals surface area contributed by atoms with Crippen molar-refractivity contribution in [2.75, 3.05) is 19.6 Å². The molecule has 2 saturated heterocycles. The van der Waals surface area contributed by atoms with Crippen LogP contribution in [0.5, 0.6) is 0 Å². The Bertz CT molecular complexity index is 659. The van der Waals surface area contributed by atoms with E-state index in [0.717, 1.165) is 32.5 Å². The van der Waals surface area contributed by atoms with E-state index in [4.69, 9.17) is 23.2 Å². The summed E-state index contributed by atoms with van der Waals surface area (Å²) >= 11 is 16.7. The molecule has 1 amide bonds. The Morgan fingerprint density at radius 1 is 1.08 bits per heavy atom. The number of hydrogen-bond acceptors (Lipinski definition) is 3. The molecule has 3 rings (SSSR count). The zero-order valence-corrected chi connectivity index (χ0v) is 16.0. The predicted octanol–water partition coefficient (Wildman–Crippen LogP) is 4.73. The van der Waals surface area contributed by atoms with Crippen molar-refractivity contribution >= 4 is 47.3 Å². The summed E-state index contributed by atoms with van der Waals surface area (Å²) < 4.78 is 0. The van der Waals surface area contributed by atoms with Gasteiger partial charge in [-0.3, -0.25) is 9.69 Å². The third-order valence-electron chi connectivity index (χ3n) is 4.94. The number of nitrogens with zero attached hydrogens (tertiary/aromatic N) is 2. The summed E-state index contributed by atoms with van der Waals surface area (Å²) in [6.07, 6.45) is 5.84. The van der Waals surface area contributed by atoms with Gasteiger partial charge in [0.1, 0.15) is 0 Å². The summed E-state index contributed by atoms with van der Waals surface area (Å²) in [6, 6.07) is 3.52. The highest BCUT2D eigenvalue weighted by Crippen LogP contribution is 2.36. The second kappa shape index (κ2) is 7.69. The molecule has 0 N–H and O–H groups in total. The van der Waals surface area contributed by atoms with Gasteiger partial charge in [-0.05, 0) is 38.2 Å². The number of halogens is 2. The smallest absolute Gasteiger partial charge is 0.255 e. The summed E-state index contributed by atoms with van der Waals surface area (Å²) in [5, 5.41) is 0.707. The van der Waals surface area contributed by atoms with Crippen LogP contribution in [0.3, 0.4) is 0 Å². The van der Waals surface area contributed by atoms with Crippen LogP contribution < -0.4 is 0 Å². The average Bonchev–Trinajstić information content (AvgIpc) is 3.13. The van der Waals surface area contributed by atoms with E-state index in [0.29, 0.717) is 26.1 Å². The van der Waals surface area contributed by atoms with Gasteiger partial charge in [0, 0.05) is 35.7 Å². The van der Waals surface area contributed by atoms with Crippen molar-refractivity contribution in [3.8, 4) is 0 Å². The number of hydrogen-bond donors (Lipinski definition) is 1. The monoisotopic (exact) mass is 384 g/mol. The van der Waals surface area contributed by atoms with Crippen LogP contribution in [0.1, 0.15) is 37.7 Å². The van der Waals surface area contributed by atoms with Gasteiger partial charge in [0.25, 0.3) is 5.91 Å². The van der Waals surface area contributed by atoms with Crippen molar-refractivity contribution in [2.24, 2.45) is 0 Å². The van der Waals surface area contributed by atoms with Crippen LogP contribution >= 0.6 is 35.8 Å². The largest absolute Gasteiger partial charge is 0.323 e. The van der Waals surface area contributed by atoms with Gasteiger partial charge in [-0.1, -0.05) is 35.8 Å². The van der Waals surface area contributed by atoms with Crippen molar-refractivity contribution < 1.29 is 4.79 Å². The molecule has 130 valence electrons. The second-order valence-electron chi connectivity index (χ2n) is 6.46. The van der Waals surface area contributed by atoms with Crippen LogP contribution in [0.4, 0.5) is 0 Å². The Morgan fingerprint density at radius 3 is 2.46 bits per heavy atom. The van der Waals surface area contributed by atoms with Crippen LogP contribution in [0.25, 0.3) is 5.57 Å². The van der Waals surface area contributed by atoms with E-state index in [9.17, 15) is 4.79 Å². The molecule has 0 bridgehead atoms. The molecule has 2 fully saturated rings. The standard InChI is InChI=1S/C18H22Cl2N2OS/c1-12(13-7-8-14(24)17(20)16(13)19)18(23)22-11-3-2-6-15(22)21-9-4-5-10-21/h7-8,15,24H,1-6,9-11H2. The van der Waals surface area contributed by atoms with Crippen molar-refractivity contribution in [1.29, 1.82) is 0 Å². The topological polar surface area (TPSA) is 23.6 Å². The molecule has 0 radical (unpaired) electrons. The second-order valence-corrected chi connectivity index (χ2v) is 7.69. The maximum atomic E-state index is 13.1. The Kier molecular flexibility index (Phi) is 5.81. The third-order valence-corrected chi connectivity index (χ3v) is 6.33. The Labute approximate surface area is 159 Å². The Balaban J connectivity index is 1.83. The minimum Gasteiger partial charge on any atom is -0.323 e. The first kappa shape index (κ1) is 18.1. The third kappa shape index (κ3) is 3.48. The molecule has 1 aromatic carbocycles. The lowest BCUT2D eigenvalue weighted by Gasteiger charge is -2.41. The highest BCUT2D eigenvalue weighted by Gasteiger charge is 2.34. The molecule has 2 aliphatic rings. The number of thiol groups is 1. The molecule has 0 aromatic heterocycles. The SMILES string of the molecule is C=C(C(=O)N1CCCCC1N1CCCC1)c1ccc(S)c(Cl)c1Cl. The number of benzene rings is 1. The minimum atomic E-state index is -0.0449. The van der Waals surface area contributed by atoms with Crippen LogP contribution in [0.2, 0.25) is 10.0 Å². The van der Waals surface area contributed by atoms with Gasteiger partial charge in [-0.15, -0.1) is 12.6 Å². The average molecular weight is 385 g/mol. The van der Waals surface area contributed by atoms with E-state index in [2.05, 4.69) is 24.1 Å². The summed E-state index contributed by atoms with van der Waals surface area (Å²) in [7, 11) is 0. The summed E-state index contributed by atoms with van der Waals surface area (Å²) in [5.41, 5.74) is 0.997. The molecule has 6 heteroatoms. The quantitative estimate of drug-likeness (QED) is 0.601. The molecule has 2 aliphatic heterocycles. The number of piperidine rings is 1. The van der Waals surface area contributed by atoms with E-state index >= 15 is 0 Å². The fraction of sp³-hybridized carbons (Fsp3) is 0.500. The van der Waals surface area contributed by atoms with Gasteiger partial charge in [-0.2, -0.15) is 0 Å². The van der Waals surface area contributed by atoms with E-state index in [-0.39, 0.29) is 12.1 Å². The van der Waals surface area contributed by atoms with Crippen LogP contribution in [0.15, 0.2) is 23.6 Å². The molecule has 24 heavy (non-hydrogen) atoms.